The molecule has 0 bridgehead atoms. The summed E-state index contributed by atoms with van der Waals surface area (Å²) >= 11 is 0. The van der Waals surface area contributed by atoms with Crippen LogP contribution in [0.25, 0.3) is 0 Å². The first kappa shape index (κ1) is 22.1. The Kier molecular flexibility index (Phi) is 6.07. The van der Waals surface area contributed by atoms with E-state index < -0.39 is 10.0 Å². The van der Waals surface area contributed by atoms with Gasteiger partial charge in [0.05, 0.1) is 10.6 Å². The van der Waals surface area contributed by atoms with E-state index in [0.717, 1.165) is 23.2 Å². The second-order valence-corrected chi connectivity index (χ2v) is 10.4. The van der Waals surface area contributed by atoms with Gasteiger partial charge in [-0.05, 0) is 60.7 Å². The molecule has 0 aromatic heterocycles. The summed E-state index contributed by atoms with van der Waals surface area (Å²) in [6, 6.07) is 23.5. The third-order valence-electron chi connectivity index (χ3n) is 5.93. The van der Waals surface area contributed by atoms with Crippen LogP contribution in [-0.4, -0.2) is 26.9 Å². The van der Waals surface area contributed by atoms with Gasteiger partial charge in [-0.15, -0.1) is 0 Å². The zero-order chi connectivity index (χ0) is 22.9. The molecule has 4 rings (SSSR count). The van der Waals surface area contributed by atoms with Crippen LogP contribution in [0.1, 0.15) is 37.8 Å². The van der Waals surface area contributed by atoms with Crippen LogP contribution >= 0.6 is 0 Å². The highest BCUT2D eigenvalue weighted by Crippen LogP contribution is 2.33. The summed E-state index contributed by atoms with van der Waals surface area (Å²) < 4.78 is 28.4. The van der Waals surface area contributed by atoms with E-state index in [-0.39, 0.29) is 23.4 Å². The zero-order valence-electron chi connectivity index (χ0n) is 18.6. The van der Waals surface area contributed by atoms with Crippen molar-refractivity contribution in [2.45, 2.75) is 44.0 Å². The molecule has 0 aliphatic carbocycles. The van der Waals surface area contributed by atoms with Crippen LogP contribution < -0.4 is 9.21 Å². The fraction of sp³-hybridized carbons (Fsp3) is 0.269. The molecule has 1 aliphatic heterocycles. The van der Waals surface area contributed by atoms with Gasteiger partial charge in [0, 0.05) is 11.7 Å². The quantitative estimate of drug-likeness (QED) is 0.534. The predicted octanol–water partition coefficient (Wildman–Crippen LogP) is 4.98. The van der Waals surface area contributed by atoms with Crippen LogP contribution in [0.2, 0.25) is 0 Å². The molecular formula is C26H28N2O3S. The lowest BCUT2D eigenvalue weighted by atomic mass is 10.0. The van der Waals surface area contributed by atoms with Gasteiger partial charge < -0.3 is 4.90 Å². The normalized spacial score (nSPS) is 15.6. The van der Waals surface area contributed by atoms with Gasteiger partial charge in [-0.25, -0.2) is 8.42 Å². The molecule has 3 aromatic rings. The van der Waals surface area contributed by atoms with Crippen molar-refractivity contribution in [3.8, 4) is 0 Å². The van der Waals surface area contributed by atoms with Crippen molar-refractivity contribution in [2.24, 2.45) is 0 Å². The Hall–Kier alpha value is -3.12. The average molecular weight is 449 g/mol. The molecule has 0 spiro atoms. The predicted molar refractivity (Wildman–Crippen MR) is 129 cm³/mol. The minimum absolute atomic E-state index is 0.0236. The van der Waals surface area contributed by atoms with Crippen molar-refractivity contribution >= 4 is 27.3 Å². The first-order valence-electron chi connectivity index (χ1n) is 10.9. The Morgan fingerprint density at radius 3 is 2.25 bits per heavy atom. The van der Waals surface area contributed by atoms with E-state index in [1.165, 1.54) is 4.31 Å². The van der Waals surface area contributed by atoms with Gasteiger partial charge in [0.15, 0.2) is 0 Å². The Morgan fingerprint density at radius 1 is 0.969 bits per heavy atom. The largest absolute Gasteiger partial charge is 0.307 e. The molecule has 0 fully saturated rings. The van der Waals surface area contributed by atoms with E-state index in [0.29, 0.717) is 11.6 Å². The maximum atomic E-state index is 13.6. The number of sulfonamides is 1. The van der Waals surface area contributed by atoms with Crippen LogP contribution in [0, 0.1) is 0 Å². The molecule has 166 valence electrons. The number of hydrogen-bond acceptors (Lipinski definition) is 3. The lowest BCUT2D eigenvalue weighted by molar-refractivity contribution is -0.117. The van der Waals surface area contributed by atoms with Gasteiger partial charge in [0.25, 0.3) is 10.0 Å². The highest BCUT2D eigenvalue weighted by molar-refractivity contribution is 7.92. The molecule has 3 aromatic carbocycles. The summed E-state index contributed by atoms with van der Waals surface area (Å²) in [7, 11) is -3.92. The van der Waals surface area contributed by atoms with Crippen molar-refractivity contribution in [3.05, 3.63) is 90.0 Å². The molecule has 0 saturated carbocycles. The number of benzene rings is 3. The van der Waals surface area contributed by atoms with Crippen LogP contribution in [0.5, 0.6) is 0 Å². The molecule has 0 N–H and O–H groups in total. The number of nitrogens with zero attached hydrogens (tertiary/aromatic N) is 2. The molecule has 0 unspecified atom stereocenters. The maximum absolute atomic E-state index is 13.6. The Bertz CT molecular complexity index is 1210. The van der Waals surface area contributed by atoms with Crippen LogP contribution in [-0.2, 0) is 21.2 Å². The van der Waals surface area contributed by atoms with Gasteiger partial charge in [-0.1, -0.05) is 62.4 Å². The van der Waals surface area contributed by atoms with Crippen molar-refractivity contribution in [1.82, 2.24) is 0 Å². The van der Waals surface area contributed by atoms with Gasteiger partial charge in [-0.2, -0.15) is 0 Å². The van der Waals surface area contributed by atoms with Crippen molar-refractivity contribution in [2.75, 3.05) is 15.7 Å². The van der Waals surface area contributed by atoms with Crippen molar-refractivity contribution in [3.63, 3.8) is 0 Å². The summed E-state index contributed by atoms with van der Waals surface area (Å²) in [6.07, 6.45) is 0.760. The third kappa shape index (κ3) is 4.15. The number of para-hydroxylation sites is 1. The minimum Gasteiger partial charge on any atom is -0.307 e. The highest BCUT2D eigenvalue weighted by atomic mass is 32.2. The summed E-state index contributed by atoms with van der Waals surface area (Å²) in [6.45, 7) is 5.90. The average Bonchev–Trinajstić information content (AvgIpc) is 3.13. The van der Waals surface area contributed by atoms with E-state index in [1.54, 1.807) is 47.4 Å². The number of amides is 1. The van der Waals surface area contributed by atoms with Gasteiger partial charge in [-0.3, -0.25) is 9.10 Å². The summed E-state index contributed by atoms with van der Waals surface area (Å²) in [5.41, 5.74) is 3.55. The fourth-order valence-corrected chi connectivity index (χ4v) is 5.64. The molecular weight excluding hydrogens is 420 g/mol. The van der Waals surface area contributed by atoms with Crippen LogP contribution in [0.15, 0.2) is 83.8 Å². The number of anilines is 2. The van der Waals surface area contributed by atoms with E-state index in [1.807, 2.05) is 43.3 Å². The molecule has 0 saturated heterocycles. The summed E-state index contributed by atoms with van der Waals surface area (Å²) in [5.74, 6) is 0.0849. The highest BCUT2D eigenvalue weighted by Gasteiger charge is 2.34. The zero-order valence-corrected chi connectivity index (χ0v) is 19.4. The van der Waals surface area contributed by atoms with E-state index in [9.17, 15) is 13.2 Å². The third-order valence-corrected chi connectivity index (χ3v) is 7.72. The monoisotopic (exact) mass is 448 g/mol. The lowest BCUT2D eigenvalue weighted by Gasteiger charge is -2.29. The number of rotatable bonds is 6. The SMILES string of the molecule is CC(C)c1ccc(N(CC(=O)N2c3ccccc3C[C@H]2C)S(=O)(=O)c2ccccc2)cc1. The molecule has 0 radical (unpaired) electrons. The lowest BCUT2D eigenvalue weighted by Crippen LogP contribution is -2.45. The van der Waals surface area contributed by atoms with Gasteiger partial charge in [0.1, 0.15) is 6.54 Å². The Labute approximate surface area is 190 Å². The number of fused-ring (bicyclic) bond motifs is 1. The molecule has 1 atom stereocenters. The Morgan fingerprint density at radius 2 is 1.59 bits per heavy atom. The number of carbonyl (C=O) groups is 1. The molecule has 32 heavy (non-hydrogen) atoms. The summed E-state index contributed by atoms with van der Waals surface area (Å²) in [4.78, 5) is 15.4. The van der Waals surface area contributed by atoms with E-state index in [4.69, 9.17) is 0 Å². The van der Waals surface area contributed by atoms with E-state index >= 15 is 0 Å². The van der Waals surface area contributed by atoms with Gasteiger partial charge >= 0.3 is 0 Å². The second-order valence-electron chi connectivity index (χ2n) is 8.52. The molecule has 1 amide bonds. The molecule has 1 aliphatic rings. The van der Waals surface area contributed by atoms with Crippen molar-refractivity contribution < 1.29 is 13.2 Å². The van der Waals surface area contributed by atoms with Crippen LogP contribution in [0.3, 0.4) is 0 Å². The topological polar surface area (TPSA) is 57.7 Å². The second kappa shape index (κ2) is 8.79. The molecule has 5 nitrogen and oxygen atoms in total. The van der Waals surface area contributed by atoms with E-state index in [2.05, 4.69) is 13.8 Å². The smallest absolute Gasteiger partial charge is 0.264 e. The van der Waals surface area contributed by atoms with Crippen molar-refractivity contribution in [1.29, 1.82) is 0 Å². The maximum Gasteiger partial charge on any atom is 0.264 e. The molecule has 6 heteroatoms. The molecule has 1 heterocycles. The first-order valence-corrected chi connectivity index (χ1v) is 12.3. The van der Waals surface area contributed by atoms with Crippen LogP contribution in [0.4, 0.5) is 11.4 Å². The number of carbonyl (C=O) groups excluding carboxylic acids is 1. The Balaban J connectivity index is 1.72. The minimum atomic E-state index is -3.92. The summed E-state index contributed by atoms with van der Waals surface area (Å²) in [5, 5.41) is 0. The van der Waals surface area contributed by atoms with Gasteiger partial charge in [0.2, 0.25) is 5.91 Å². The fourth-order valence-electron chi connectivity index (χ4n) is 4.20. The number of hydrogen-bond donors (Lipinski definition) is 0. The first-order chi connectivity index (χ1) is 15.3. The standard InChI is InChI=1S/C26H28N2O3S/c1-19(2)21-13-15-23(16-14-21)27(32(30,31)24-10-5-4-6-11-24)18-26(29)28-20(3)17-22-9-7-8-12-25(22)28/h4-16,19-20H,17-18H2,1-3H3/t20-/m1/s1.